The molecule has 8 heteroatoms. The Balaban J connectivity index is 1.37. The number of anilines is 1. The van der Waals surface area contributed by atoms with Crippen LogP contribution in [0.4, 0.5) is 5.69 Å². The van der Waals surface area contributed by atoms with Gasteiger partial charge in [0.2, 0.25) is 17.7 Å². The first-order chi connectivity index (χ1) is 13.1. The lowest BCUT2D eigenvalue weighted by Gasteiger charge is -2.26. The summed E-state index contributed by atoms with van der Waals surface area (Å²) in [6.45, 7) is 2.01. The van der Waals surface area contributed by atoms with Gasteiger partial charge in [0, 0.05) is 23.4 Å². The number of aryl methyl sites for hydroxylation is 2. The van der Waals surface area contributed by atoms with Crippen molar-refractivity contribution in [2.24, 2.45) is 0 Å². The van der Waals surface area contributed by atoms with Crippen LogP contribution in [-0.4, -0.2) is 22.0 Å². The Morgan fingerprint density at radius 2 is 2.15 bits per heavy atom. The first-order valence-electron chi connectivity index (χ1n) is 8.66. The highest BCUT2D eigenvalue weighted by atomic mass is 32.1. The average molecular weight is 382 g/mol. The summed E-state index contributed by atoms with van der Waals surface area (Å²) in [5.41, 5.74) is 1.66. The molecule has 2 aromatic heterocycles. The molecule has 0 bridgehead atoms. The van der Waals surface area contributed by atoms with Crippen LogP contribution in [-0.2, 0) is 16.0 Å². The Labute approximate surface area is 159 Å². The van der Waals surface area contributed by atoms with Crippen LogP contribution >= 0.6 is 11.3 Å². The van der Waals surface area contributed by atoms with E-state index in [1.165, 1.54) is 4.88 Å². The number of carbonyl (C=O) groups is 2. The molecule has 0 saturated carbocycles. The van der Waals surface area contributed by atoms with Gasteiger partial charge in [0.05, 0.1) is 17.3 Å². The molecule has 3 aromatic rings. The summed E-state index contributed by atoms with van der Waals surface area (Å²) in [7, 11) is 0. The smallest absolute Gasteiger partial charge is 0.257 e. The van der Waals surface area contributed by atoms with Crippen LogP contribution in [0.5, 0.6) is 0 Å². The zero-order valence-electron chi connectivity index (χ0n) is 14.7. The maximum Gasteiger partial charge on any atom is 0.257 e. The zero-order chi connectivity index (χ0) is 18.8. The maximum atomic E-state index is 12.4. The van der Waals surface area contributed by atoms with Crippen molar-refractivity contribution in [3.05, 3.63) is 52.7 Å². The topological polar surface area (TPSA) is 97.1 Å². The number of thiophene rings is 1. The van der Waals surface area contributed by atoms with E-state index in [-0.39, 0.29) is 30.7 Å². The predicted molar refractivity (Wildman–Crippen MR) is 101 cm³/mol. The first-order valence-corrected chi connectivity index (χ1v) is 9.47. The molecule has 1 aliphatic rings. The zero-order valence-corrected chi connectivity index (χ0v) is 15.5. The number of hydrogen-bond acceptors (Lipinski definition) is 6. The van der Waals surface area contributed by atoms with E-state index in [1.807, 2.05) is 43.3 Å². The second-order valence-corrected chi connectivity index (χ2v) is 7.66. The van der Waals surface area contributed by atoms with Gasteiger partial charge in [0.1, 0.15) is 0 Å². The van der Waals surface area contributed by atoms with Crippen LogP contribution in [0, 0.1) is 6.92 Å². The monoisotopic (exact) mass is 382 g/mol. The van der Waals surface area contributed by atoms with Crippen molar-refractivity contribution in [2.75, 3.05) is 5.32 Å². The molecule has 0 fully saturated rings. The van der Waals surface area contributed by atoms with Crippen molar-refractivity contribution in [1.29, 1.82) is 0 Å². The molecular weight excluding hydrogens is 364 g/mol. The summed E-state index contributed by atoms with van der Waals surface area (Å²) >= 11 is 1.58. The van der Waals surface area contributed by atoms with Gasteiger partial charge < -0.3 is 15.1 Å². The standard InChI is InChI=1S/C19H18N4O3S/c1-11-6-7-15(27-11)19-23-22-18(26-19)9-8-16(24)21-14-10-17(25)20-13-5-3-2-4-12(13)14/h2-7,14H,8-10H2,1H3,(H,20,25)(H,21,24). The fraction of sp³-hybridized carbons (Fsp3) is 0.263. The van der Waals surface area contributed by atoms with E-state index in [0.717, 1.165) is 16.1 Å². The van der Waals surface area contributed by atoms with Crippen LogP contribution in [0.25, 0.3) is 10.8 Å². The first kappa shape index (κ1) is 17.4. The number of para-hydroxylation sites is 1. The van der Waals surface area contributed by atoms with Gasteiger partial charge in [-0.3, -0.25) is 9.59 Å². The largest absolute Gasteiger partial charge is 0.420 e. The van der Waals surface area contributed by atoms with Crippen molar-refractivity contribution in [1.82, 2.24) is 15.5 Å². The second-order valence-electron chi connectivity index (χ2n) is 6.37. The number of aromatic nitrogens is 2. The van der Waals surface area contributed by atoms with E-state index >= 15 is 0 Å². The second kappa shape index (κ2) is 7.32. The Bertz CT molecular complexity index is 994. The normalized spacial score (nSPS) is 15.9. The van der Waals surface area contributed by atoms with Crippen LogP contribution in [0.15, 0.2) is 40.8 Å². The predicted octanol–water partition coefficient (Wildman–Crippen LogP) is 3.24. The fourth-order valence-corrected chi connectivity index (χ4v) is 3.82. The molecule has 3 heterocycles. The van der Waals surface area contributed by atoms with Gasteiger partial charge in [0.25, 0.3) is 5.89 Å². The van der Waals surface area contributed by atoms with Gasteiger partial charge in [-0.15, -0.1) is 21.5 Å². The van der Waals surface area contributed by atoms with E-state index in [1.54, 1.807) is 11.3 Å². The minimum atomic E-state index is -0.324. The van der Waals surface area contributed by atoms with Gasteiger partial charge in [0.15, 0.2) is 0 Å². The molecule has 7 nitrogen and oxygen atoms in total. The number of hydrogen-bond donors (Lipinski definition) is 2. The Kier molecular flexibility index (Phi) is 4.72. The molecule has 0 radical (unpaired) electrons. The third kappa shape index (κ3) is 3.90. The Morgan fingerprint density at radius 1 is 1.30 bits per heavy atom. The van der Waals surface area contributed by atoms with Crippen molar-refractivity contribution in [2.45, 2.75) is 32.2 Å². The van der Waals surface area contributed by atoms with Crippen LogP contribution < -0.4 is 10.6 Å². The Hall–Kier alpha value is -3.00. The van der Waals surface area contributed by atoms with Crippen molar-refractivity contribution < 1.29 is 14.0 Å². The van der Waals surface area contributed by atoms with Gasteiger partial charge in [-0.25, -0.2) is 0 Å². The highest BCUT2D eigenvalue weighted by Crippen LogP contribution is 2.30. The molecule has 138 valence electrons. The van der Waals surface area contributed by atoms with Gasteiger partial charge >= 0.3 is 0 Å². The van der Waals surface area contributed by atoms with Crippen LogP contribution in [0.3, 0.4) is 0 Å². The summed E-state index contributed by atoms with van der Waals surface area (Å²) in [5.74, 6) is 0.636. The molecular formula is C19H18N4O3S. The van der Waals surface area contributed by atoms with Gasteiger partial charge in [-0.05, 0) is 30.7 Å². The molecule has 0 spiro atoms. The van der Waals surface area contributed by atoms with E-state index in [9.17, 15) is 9.59 Å². The molecule has 2 N–H and O–H groups in total. The minimum Gasteiger partial charge on any atom is -0.420 e. The van der Waals surface area contributed by atoms with E-state index in [4.69, 9.17) is 4.42 Å². The molecule has 1 unspecified atom stereocenters. The molecule has 2 amide bonds. The Morgan fingerprint density at radius 3 is 2.96 bits per heavy atom. The van der Waals surface area contributed by atoms with Gasteiger partial charge in [-0.1, -0.05) is 18.2 Å². The van der Waals surface area contributed by atoms with Crippen molar-refractivity contribution >= 4 is 28.8 Å². The summed E-state index contributed by atoms with van der Waals surface area (Å²) < 4.78 is 5.64. The SMILES string of the molecule is Cc1ccc(-c2nnc(CCC(=O)NC3CC(=O)Nc4ccccc43)o2)s1. The average Bonchev–Trinajstić information content (AvgIpc) is 3.28. The third-order valence-corrected chi connectivity index (χ3v) is 5.31. The lowest BCUT2D eigenvalue weighted by molar-refractivity contribution is -0.122. The van der Waals surface area contributed by atoms with E-state index in [2.05, 4.69) is 20.8 Å². The minimum absolute atomic E-state index is 0.105. The summed E-state index contributed by atoms with van der Waals surface area (Å²) in [4.78, 5) is 26.3. The van der Waals surface area contributed by atoms with Crippen molar-refractivity contribution in [3.63, 3.8) is 0 Å². The summed E-state index contributed by atoms with van der Waals surface area (Å²) in [6.07, 6.45) is 0.792. The molecule has 1 atom stereocenters. The van der Waals surface area contributed by atoms with Crippen LogP contribution in [0.2, 0.25) is 0 Å². The molecule has 27 heavy (non-hydrogen) atoms. The van der Waals surface area contributed by atoms with Crippen molar-refractivity contribution in [3.8, 4) is 10.8 Å². The molecule has 0 aliphatic carbocycles. The summed E-state index contributed by atoms with van der Waals surface area (Å²) in [6, 6.07) is 11.1. The van der Waals surface area contributed by atoms with Crippen LogP contribution in [0.1, 0.15) is 35.2 Å². The number of benzene rings is 1. The third-order valence-electron chi connectivity index (χ3n) is 4.32. The number of nitrogens with zero attached hydrogens (tertiary/aromatic N) is 2. The number of fused-ring (bicyclic) bond motifs is 1. The fourth-order valence-electron chi connectivity index (χ4n) is 3.03. The van der Waals surface area contributed by atoms with E-state index in [0.29, 0.717) is 18.2 Å². The molecule has 1 aromatic carbocycles. The molecule has 4 rings (SSSR count). The lowest BCUT2D eigenvalue weighted by Crippen LogP contribution is -2.35. The molecule has 0 saturated heterocycles. The highest BCUT2D eigenvalue weighted by molar-refractivity contribution is 7.15. The summed E-state index contributed by atoms with van der Waals surface area (Å²) in [5, 5.41) is 13.8. The lowest BCUT2D eigenvalue weighted by atomic mass is 9.97. The number of rotatable bonds is 5. The van der Waals surface area contributed by atoms with Gasteiger partial charge in [-0.2, -0.15) is 0 Å². The number of nitrogens with one attached hydrogen (secondary N) is 2. The highest BCUT2D eigenvalue weighted by Gasteiger charge is 2.26. The van der Waals surface area contributed by atoms with E-state index < -0.39 is 0 Å². The number of amides is 2. The quantitative estimate of drug-likeness (QED) is 0.706. The number of carbonyl (C=O) groups excluding carboxylic acids is 2. The molecule has 1 aliphatic heterocycles. The maximum absolute atomic E-state index is 12.4.